The number of fused-ring (bicyclic) bond motifs is 2. The summed E-state index contributed by atoms with van der Waals surface area (Å²) in [5.74, 6) is 0. The fourth-order valence-corrected chi connectivity index (χ4v) is 3.27. The van der Waals surface area contributed by atoms with Crippen LogP contribution < -0.4 is 11.1 Å². The van der Waals surface area contributed by atoms with Crippen LogP contribution in [0.4, 0.5) is 5.69 Å². The van der Waals surface area contributed by atoms with E-state index >= 15 is 0 Å². The van der Waals surface area contributed by atoms with Gasteiger partial charge in [0.05, 0.1) is 16.0 Å². The molecule has 4 aromatic rings. The second-order valence-electron chi connectivity index (χ2n) is 6.63. The highest BCUT2D eigenvalue weighted by atomic mass is 16.6. The SMILES string of the molecule is Cc1ccc2nc3c(cc(C#N)c(=O)n3-c3ccc([N+](=O)[O-])cc3C)c(=O)n2c1. The summed E-state index contributed by atoms with van der Waals surface area (Å²) in [6, 6.07) is 10.5. The van der Waals surface area contributed by atoms with Gasteiger partial charge in [0.1, 0.15) is 17.3 Å². The van der Waals surface area contributed by atoms with Crippen molar-refractivity contribution in [1.82, 2.24) is 14.0 Å². The van der Waals surface area contributed by atoms with Gasteiger partial charge in [0.15, 0.2) is 5.65 Å². The third kappa shape index (κ3) is 2.74. The lowest BCUT2D eigenvalue weighted by Gasteiger charge is -2.13. The fraction of sp³-hybridized carbons (Fsp3) is 0.100. The lowest BCUT2D eigenvalue weighted by atomic mass is 10.1. The number of rotatable bonds is 2. The molecule has 0 saturated carbocycles. The van der Waals surface area contributed by atoms with E-state index in [1.54, 1.807) is 25.3 Å². The zero-order valence-corrected chi connectivity index (χ0v) is 15.4. The highest BCUT2D eigenvalue weighted by Crippen LogP contribution is 2.22. The molecular formula is C20H13N5O4. The second kappa shape index (κ2) is 6.38. The van der Waals surface area contributed by atoms with Gasteiger partial charge in [0.25, 0.3) is 16.8 Å². The van der Waals surface area contributed by atoms with Crippen molar-refractivity contribution >= 4 is 22.4 Å². The topological polar surface area (TPSA) is 123 Å². The Morgan fingerprint density at radius 3 is 2.52 bits per heavy atom. The first-order valence-electron chi connectivity index (χ1n) is 8.56. The Kier molecular flexibility index (Phi) is 3.98. The number of aromatic nitrogens is 3. The minimum atomic E-state index is -0.652. The number of benzene rings is 1. The molecule has 9 nitrogen and oxygen atoms in total. The molecule has 0 atom stereocenters. The van der Waals surface area contributed by atoms with Crippen LogP contribution in [0.25, 0.3) is 22.4 Å². The molecule has 29 heavy (non-hydrogen) atoms. The number of nitro groups is 1. The van der Waals surface area contributed by atoms with E-state index in [0.29, 0.717) is 16.9 Å². The van der Waals surface area contributed by atoms with E-state index in [1.807, 2.05) is 13.0 Å². The molecule has 4 rings (SSSR count). The predicted molar refractivity (Wildman–Crippen MR) is 105 cm³/mol. The average molecular weight is 387 g/mol. The van der Waals surface area contributed by atoms with Crippen LogP contribution in [-0.2, 0) is 0 Å². The van der Waals surface area contributed by atoms with E-state index in [2.05, 4.69) is 4.98 Å². The van der Waals surface area contributed by atoms with Gasteiger partial charge in [-0.2, -0.15) is 5.26 Å². The Balaban J connectivity index is 2.20. The number of nitriles is 1. The Morgan fingerprint density at radius 1 is 1.10 bits per heavy atom. The molecule has 0 aliphatic carbocycles. The molecule has 3 aromatic heterocycles. The zero-order chi connectivity index (χ0) is 20.9. The van der Waals surface area contributed by atoms with Crippen LogP contribution in [0, 0.1) is 35.3 Å². The standard InChI is InChI=1S/C20H13N5O4/c1-11-3-6-17-22-18-15(20(27)23(17)10-11)8-13(9-21)19(26)24(18)16-5-4-14(25(28)29)7-12(16)2/h3-8,10H,1-2H3. The van der Waals surface area contributed by atoms with Crippen molar-refractivity contribution in [3.05, 3.63) is 90.1 Å². The smallest absolute Gasteiger partial charge is 0.268 e. The minimum absolute atomic E-state index is 0.0832. The summed E-state index contributed by atoms with van der Waals surface area (Å²) in [5, 5.41) is 20.5. The maximum absolute atomic E-state index is 13.0. The third-order valence-corrected chi connectivity index (χ3v) is 4.67. The van der Waals surface area contributed by atoms with E-state index in [9.17, 15) is 25.0 Å². The molecule has 0 fully saturated rings. The summed E-state index contributed by atoms with van der Waals surface area (Å²) < 4.78 is 2.52. The van der Waals surface area contributed by atoms with Gasteiger partial charge in [0.2, 0.25) is 0 Å². The summed E-state index contributed by atoms with van der Waals surface area (Å²) in [6.45, 7) is 3.44. The lowest BCUT2D eigenvalue weighted by molar-refractivity contribution is -0.384. The monoisotopic (exact) mass is 387 g/mol. The molecule has 0 unspecified atom stereocenters. The van der Waals surface area contributed by atoms with Crippen molar-refractivity contribution in [2.24, 2.45) is 0 Å². The number of pyridine rings is 2. The number of non-ortho nitro benzene ring substituents is 1. The molecule has 0 bridgehead atoms. The van der Waals surface area contributed by atoms with Gasteiger partial charge in [-0.15, -0.1) is 0 Å². The number of hydrogen-bond acceptors (Lipinski definition) is 6. The Hall–Kier alpha value is -4.32. The molecule has 0 aliphatic heterocycles. The molecule has 142 valence electrons. The maximum atomic E-state index is 13.0. The van der Waals surface area contributed by atoms with Gasteiger partial charge in [0, 0.05) is 18.3 Å². The molecule has 3 heterocycles. The van der Waals surface area contributed by atoms with Gasteiger partial charge < -0.3 is 0 Å². The summed E-state index contributed by atoms with van der Waals surface area (Å²) in [7, 11) is 0. The van der Waals surface area contributed by atoms with Crippen molar-refractivity contribution < 1.29 is 4.92 Å². The highest BCUT2D eigenvalue weighted by molar-refractivity contribution is 5.80. The van der Waals surface area contributed by atoms with Gasteiger partial charge in [-0.3, -0.25) is 28.7 Å². The third-order valence-electron chi connectivity index (χ3n) is 4.67. The molecule has 0 radical (unpaired) electrons. The second-order valence-corrected chi connectivity index (χ2v) is 6.63. The molecule has 0 amide bonds. The molecule has 9 heteroatoms. The molecular weight excluding hydrogens is 374 g/mol. The Labute approximate surface area is 162 Å². The number of hydrogen-bond donors (Lipinski definition) is 0. The van der Waals surface area contributed by atoms with Crippen LogP contribution in [0.5, 0.6) is 0 Å². The molecule has 0 saturated heterocycles. The first kappa shape index (κ1) is 18.1. The van der Waals surface area contributed by atoms with Crippen molar-refractivity contribution in [3.8, 4) is 11.8 Å². The van der Waals surface area contributed by atoms with Crippen LogP contribution in [0.15, 0.2) is 52.2 Å². The van der Waals surface area contributed by atoms with Crippen molar-refractivity contribution in [2.45, 2.75) is 13.8 Å². The zero-order valence-electron chi connectivity index (χ0n) is 15.4. The number of nitro benzene ring substituents is 1. The van der Waals surface area contributed by atoms with E-state index in [1.165, 1.54) is 28.7 Å². The van der Waals surface area contributed by atoms with Crippen molar-refractivity contribution in [2.75, 3.05) is 0 Å². The minimum Gasteiger partial charge on any atom is -0.268 e. The lowest BCUT2D eigenvalue weighted by Crippen LogP contribution is -2.26. The fourth-order valence-electron chi connectivity index (χ4n) is 3.27. The first-order valence-corrected chi connectivity index (χ1v) is 8.56. The average Bonchev–Trinajstić information content (AvgIpc) is 2.69. The van der Waals surface area contributed by atoms with Crippen LogP contribution in [-0.4, -0.2) is 18.9 Å². The molecule has 0 aliphatic rings. The van der Waals surface area contributed by atoms with Crippen molar-refractivity contribution in [3.63, 3.8) is 0 Å². The number of aryl methyl sites for hydroxylation is 2. The normalized spacial score (nSPS) is 10.9. The van der Waals surface area contributed by atoms with Crippen molar-refractivity contribution in [1.29, 1.82) is 5.26 Å². The summed E-state index contributed by atoms with van der Waals surface area (Å²) in [5.41, 5.74) is 0.593. The van der Waals surface area contributed by atoms with Crippen LogP contribution in [0.1, 0.15) is 16.7 Å². The summed E-state index contributed by atoms with van der Waals surface area (Å²) >= 11 is 0. The molecule has 1 aromatic carbocycles. The summed E-state index contributed by atoms with van der Waals surface area (Å²) in [6.07, 6.45) is 1.63. The van der Waals surface area contributed by atoms with Gasteiger partial charge in [-0.05, 0) is 43.2 Å². The maximum Gasteiger partial charge on any atom is 0.274 e. The van der Waals surface area contributed by atoms with E-state index in [4.69, 9.17) is 0 Å². The van der Waals surface area contributed by atoms with Gasteiger partial charge in [-0.25, -0.2) is 4.98 Å². The first-order chi connectivity index (χ1) is 13.8. The van der Waals surface area contributed by atoms with Crippen LogP contribution in [0.3, 0.4) is 0 Å². The summed E-state index contributed by atoms with van der Waals surface area (Å²) in [4.78, 5) is 41.0. The van der Waals surface area contributed by atoms with E-state index in [-0.39, 0.29) is 22.3 Å². The Morgan fingerprint density at radius 2 is 1.86 bits per heavy atom. The highest BCUT2D eigenvalue weighted by Gasteiger charge is 2.18. The van der Waals surface area contributed by atoms with E-state index in [0.717, 1.165) is 10.1 Å². The van der Waals surface area contributed by atoms with Gasteiger partial charge in [-0.1, -0.05) is 6.07 Å². The van der Waals surface area contributed by atoms with Crippen LogP contribution in [0.2, 0.25) is 0 Å². The molecule has 0 spiro atoms. The quantitative estimate of drug-likeness (QED) is 0.296. The van der Waals surface area contributed by atoms with Crippen LogP contribution >= 0.6 is 0 Å². The predicted octanol–water partition coefficient (Wildman–Crippen LogP) is 2.40. The van der Waals surface area contributed by atoms with E-state index < -0.39 is 16.0 Å². The molecule has 0 N–H and O–H groups in total. The number of nitrogens with zero attached hydrogens (tertiary/aromatic N) is 5. The largest absolute Gasteiger partial charge is 0.274 e. The Bertz CT molecular complexity index is 1510. The van der Waals surface area contributed by atoms with Gasteiger partial charge >= 0.3 is 0 Å².